The third kappa shape index (κ3) is 4.93. The fraction of sp³-hybridized carbons (Fsp3) is 0.458. The number of amides is 1. The molecule has 0 radical (unpaired) electrons. The largest absolute Gasteiger partial charge is 0.497 e. The van der Waals surface area contributed by atoms with Gasteiger partial charge >= 0.3 is 0 Å². The van der Waals surface area contributed by atoms with Crippen LogP contribution >= 0.6 is 0 Å². The molecule has 0 aliphatic carbocycles. The molecule has 0 saturated carbocycles. The second-order valence-corrected chi connectivity index (χ2v) is 10.6. The van der Waals surface area contributed by atoms with E-state index >= 15 is 0 Å². The van der Waals surface area contributed by atoms with E-state index in [1.54, 1.807) is 13.2 Å². The van der Waals surface area contributed by atoms with Gasteiger partial charge in [0, 0.05) is 19.6 Å². The summed E-state index contributed by atoms with van der Waals surface area (Å²) in [6.45, 7) is 8.56. The molecule has 1 N–H and O–H groups in total. The highest BCUT2D eigenvalue weighted by molar-refractivity contribution is 7.89. The predicted octanol–water partition coefficient (Wildman–Crippen LogP) is 3.73. The van der Waals surface area contributed by atoms with Crippen LogP contribution in [0.25, 0.3) is 0 Å². The van der Waals surface area contributed by atoms with E-state index in [9.17, 15) is 13.2 Å². The molecule has 1 aliphatic heterocycles. The van der Waals surface area contributed by atoms with Crippen molar-refractivity contribution < 1.29 is 17.9 Å². The van der Waals surface area contributed by atoms with E-state index in [1.807, 2.05) is 58.0 Å². The number of hydrogen-bond acceptors (Lipinski definition) is 4. The summed E-state index contributed by atoms with van der Waals surface area (Å²) in [5.41, 5.74) is 2.94. The minimum Gasteiger partial charge on any atom is -0.497 e. The number of nitrogens with one attached hydrogen (secondary N) is 1. The molecule has 1 aliphatic rings. The normalized spacial score (nSPS) is 19.8. The average molecular weight is 445 g/mol. The van der Waals surface area contributed by atoms with Gasteiger partial charge in [-0.15, -0.1) is 0 Å². The van der Waals surface area contributed by atoms with Crippen molar-refractivity contribution in [2.75, 3.05) is 20.2 Å². The molecule has 7 heteroatoms. The van der Waals surface area contributed by atoms with Gasteiger partial charge in [-0.1, -0.05) is 18.2 Å². The topological polar surface area (TPSA) is 75.7 Å². The molecule has 3 rings (SSSR count). The van der Waals surface area contributed by atoms with Crippen molar-refractivity contribution in [1.29, 1.82) is 0 Å². The Labute approximate surface area is 185 Å². The minimum atomic E-state index is -3.67. The fourth-order valence-electron chi connectivity index (χ4n) is 4.07. The van der Waals surface area contributed by atoms with E-state index in [0.29, 0.717) is 30.8 Å². The van der Waals surface area contributed by atoms with Crippen molar-refractivity contribution in [3.63, 3.8) is 0 Å². The summed E-state index contributed by atoms with van der Waals surface area (Å²) >= 11 is 0. The van der Waals surface area contributed by atoms with Crippen molar-refractivity contribution in [2.45, 2.75) is 52.0 Å². The lowest BCUT2D eigenvalue weighted by Gasteiger charge is -2.38. The summed E-state index contributed by atoms with van der Waals surface area (Å²) in [5.74, 6) is 0.636. The van der Waals surface area contributed by atoms with Gasteiger partial charge in [0.2, 0.25) is 15.9 Å². The molecular formula is C24H32N2O4S. The first kappa shape index (κ1) is 23.3. The Morgan fingerprint density at radius 1 is 1.10 bits per heavy atom. The number of ether oxygens (including phenoxy) is 1. The van der Waals surface area contributed by atoms with Crippen molar-refractivity contribution in [3.8, 4) is 5.75 Å². The van der Waals surface area contributed by atoms with Crippen LogP contribution in [0.15, 0.2) is 41.3 Å². The van der Waals surface area contributed by atoms with Crippen LogP contribution in [0.2, 0.25) is 0 Å². The molecule has 6 nitrogen and oxygen atoms in total. The maximum absolute atomic E-state index is 13.4. The van der Waals surface area contributed by atoms with Crippen LogP contribution in [0, 0.1) is 26.2 Å². The number of methoxy groups -OCH3 is 1. The zero-order valence-corrected chi connectivity index (χ0v) is 19.8. The first-order valence-corrected chi connectivity index (χ1v) is 12.0. The van der Waals surface area contributed by atoms with Crippen LogP contribution in [0.1, 0.15) is 42.0 Å². The lowest BCUT2D eigenvalue weighted by molar-refractivity contribution is -0.132. The molecule has 2 aromatic rings. The van der Waals surface area contributed by atoms with Crippen LogP contribution in [-0.2, 0) is 21.4 Å². The first-order chi connectivity index (χ1) is 14.6. The average Bonchev–Trinajstić information content (AvgIpc) is 2.74. The van der Waals surface area contributed by atoms with Gasteiger partial charge < -0.3 is 10.1 Å². The number of carbonyl (C=O) groups excluding carboxylic acids is 1. The third-order valence-electron chi connectivity index (χ3n) is 6.23. The van der Waals surface area contributed by atoms with E-state index in [2.05, 4.69) is 5.32 Å². The Morgan fingerprint density at radius 2 is 1.74 bits per heavy atom. The lowest BCUT2D eigenvalue weighted by Crippen LogP contribution is -2.51. The standard InChI is InChI=1S/C24H32N2O4S/c1-17-13-19(3)22(14-18(17)2)31(28,29)26-12-6-11-24(4,16-26)23(27)25-15-20-7-9-21(30-5)10-8-20/h7-10,13-14H,6,11-12,15-16H2,1-5H3,(H,25,27)/t24-/m0/s1. The minimum absolute atomic E-state index is 0.125. The molecule has 1 amide bonds. The second-order valence-electron chi connectivity index (χ2n) is 8.74. The molecule has 1 atom stereocenters. The predicted molar refractivity (Wildman–Crippen MR) is 122 cm³/mol. The number of rotatable bonds is 6. The van der Waals surface area contributed by atoms with Gasteiger partial charge in [0.1, 0.15) is 5.75 Å². The number of nitrogens with zero attached hydrogens (tertiary/aromatic N) is 1. The summed E-state index contributed by atoms with van der Waals surface area (Å²) in [5, 5.41) is 2.99. The van der Waals surface area contributed by atoms with Gasteiger partial charge in [0.25, 0.3) is 0 Å². The van der Waals surface area contributed by atoms with E-state index < -0.39 is 15.4 Å². The van der Waals surface area contributed by atoms with Gasteiger partial charge in [-0.2, -0.15) is 4.31 Å². The van der Waals surface area contributed by atoms with Crippen molar-refractivity contribution in [3.05, 3.63) is 58.7 Å². The molecular weight excluding hydrogens is 412 g/mol. The number of benzene rings is 2. The monoisotopic (exact) mass is 444 g/mol. The molecule has 0 spiro atoms. The molecule has 31 heavy (non-hydrogen) atoms. The van der Waals surface area contributed by atoms with Gasteiger partial charge in [-0.05, 0) is 81.0 Å². The smallest absolute Gasteiger partial charge is 0.243 e. The maximum Gasteiger partial charge on any atom is 0.243 e. The van der Waals surface area contributed by atoms with E-state index in [0.717, 1.165) is 28.0 Å². The lowest BCUT2D eigenvalue weighted by atomic mass is 9.82. The molecule has 1 fully saturated rings. The molecule has 1 heterocycles. The Bertz CT molecular complexity index is 1060. The SMILES string of the molecule is COc1ccc(CNC(=O)[C@@]2(C)CCCN(S(=O)(=O)c3cc(C)c(C)cc3C)C2)cc1. The van der Waals surface area contributed by atoms with Crippen molar-refractivity contribution in [1.82, 2.24) is 9.62 Å². The van der Waals surface area contributed by atoms with E-state index in [-0.39, 0.29) is 12.5 Å². The third-order valence-corrected chi connectivity index (χ3v) is 8.22. The zero-order valence-electron chi connectivity index (χ0n) is 19.0. The van der Waals surface area contributed by atoms with Crippen LogP contribution in [0.5, 0.6) is 5.75 Å². The van der Waals surface area contributed by atoms with Gasteiger partial charge in [-0.3, -0.25) is 4.79 Å². The highest BCUT2D eigenvalue weighted by atomic mass is 32.2. The van der Waals surface area contributed by atoms with Gasteiger partial charge in [0.15, 0.2) is 0 Å². The number of carbonyl (C=O) groups is 1. The van der Waals surface area contributed by atoms with Gasteiger partial charge in [0.05, 0.1) is 17.4 Å². The maximum atomic E-state index is 13.4. The number of piperidine rings is 1. The van der Waals surface area contributed by atoms with Crippen molar-refractivity contribution in [2.24, 2.45) is 5.41 Å². The van der Waals surface area contributed by atoms with Gasteiger partial charge in [-0.25, -0.2) is 8.42 Å². The molecule has 2 aromatic carbocycles. The highest BCUT2D eigenvalue weighted by Crippen LogP contribution is 2.34. The van der Waals surface area contributed by atoms with E-state index in [1.165, 1.54) is 4.31 Å². The summed E-state index contributed by atoms with van der Waals surface area (Å²) < 4.78 is 33.4. The van der Waals surface area contributed by atoms with Crippen LogP contribution in [0.3, 0.4) is 0 Å². The highest BCUT2D eigenvalue weighted by Gasteiger charge is 2.42. The number of aryl methyl sites for hydroxylation is 3. The Morgan fingerprint density at radius 3 is 2.39 bits per heavy atom. The van der Waals surface area contributed by atoms with E-state index in [4.69, 9.17) is 4.74 Å². The summed E-state index contributed by atoms with van der Waals surface area (Å²) in [6, 6.07) is 11.2. The number of sulfonamides is 1. The molecule has 0 bridgehead atoms. The summed E-state index contributed by atoms with van der Waals surface area (Å²) in [4.78, 5) is 13.4. The first-order valence-electron chi connectivity index (χ1n) is 10.6. The zero-order chi connectivity index (χ0) is 22.8. The van der Waals surface area contributed by atoms with Crippen LogP contribution in [-0.4, -0.2) is 38.8 Å². The number of hydrogen-bond donors (Lipinski definition) is 1. The molecule has 168 valence electrons. The molecule has 0 unspecified atom stereocenters. The summed E-state index contributed by atoms with van der Waals surface area (Å²) in [7, 11) is -2.06. The second kappa shape index (κ2) is 9.01. The summed E-state index contributed by atoms with van der Waals surface area (Å²) in [6.07, 6.45) is 1.30. The van der Waals surface area contributed by atoms with Crippen LogP contribution in [0.4, 0.5) is 0 Å². The van der Waals surface area contributed by atoms with Crippen molar-refractivity contribution >= 4 is 15.9 Å². The molecule has 0 aromatic heterocycles. The quantitative estimate of drug-likeness (QED) is 0.737. The fourth-order valence-corrected chi connectivity index (χ4v) is 5.97. The van der Waals surface area contributed by atoms with Crippen LogP contribution < -0.4 is 10.1 Å². The Hall–Kier alpha value is -2.38. The molecule has 1 saturated heterocycles. The Kier molecular flexibility index (Phi) is 6.76. The Balaban J connectivity index is 1.74.